The molecule has 23 heavy (non-hydrogen) atoms. The quantitative estimate of drug-likeness (QED) is 0.754. The Balaban J connectivity index is 1.74. The molecule has 2 heterocycles. The second-order valence-electron chi connectivity index (χ2n) is 4.82. The molecule has 2 aromatic heterocycles. The lowest BCUT2D eigenvalue weighted by molar-refractivity contribution is -0.117. The monoisotopic (exact) mass is 377 g/mol. The second kappa shape index (κ2) is 6.25. The van der Waals surface area contributed by atoms with Crippen LogP contribution in [0, 0.1) is 6.92 Å². The Morgan fingerprint density at radius 2 is 2.22 bits per heavy atom. The normalized spacial score (nSPS) is 10.7. The number of nitrogens with zero attached hydrogens (tertiary/aromatic N) is 2. The average molecular weight is 378 g/mol. The molecular formula is C15H12BrN3O4. The summed E-state index contributed by atoms with van der Waals surface area (Å²) in [5.74, 6) is -0.742. The van der Waals surface area contributed by atoms with E-state index in [9.17, 15) is 9.59 Å². The molecule has 0 saturated carbocycles. The van der Waals surface area contributed by atoms with Crippen LogP contribution in [-0.2, 0) is 11.3 Å². The molecule has 3 rings (SSSR count). The molecule has 0 fully saturated rings. The highest BCUT2D eigenvalue weighted by atomic mass is 79.9. The summed E-state index contributed by atoms with van der Waals surface area (Å²) >= 11 is 3.36. The Hall–Kier alpha value is -2.61. The van der Waals surface area contributed by atoms with Gasteiger partial charge in [0, 0.05) is 10.2 Å². The van der Waals surface area contributed by atoms with Crippen molar-refractivity contribution < 1.29 is 13.6 Å². The van der Waals surface area contributed by atoms with E-state index in [1.807, 2.05) is 19.1 Å². The third-order valence-electron chi connectivity index (χ3n) is 3.09. The summed E-state index contributed by atoms with van der Waals surface area (Å²) < 4.78 is 11.9. The van der Waals surface area contributed by atoms with Crippen molar-refractivity contribution in [1.29, 1.82) is 0 Å². The van der Waals surface area contributed by atoms with E-state index in [0.29, 0.717) is 11.4 Å². The minimum absolute atomic E-state index is 0.0348. The fourth-order valence-electron chi connectivity index (χ4n) is 2.00. The second-order valence-corrected chi connectivity index (χ2v) is 5.73. The maximum absolute atomic E-state index is 12.1. The van der Waals surface area contributed by atoms with Gasteiger partial charge in [-0.3, -0.25) is 4.79 Å². The third-order valence-corrected chi connectivity index (χ3v) is 3.59. The minimum atomic E-state index is -0.723. The number of furan rings is 1. The summed E-state index contributed by atoms with van der Waals surface area (Å²) in [6, 6.07) is 8.74. The Bertz CT molecular complexity index is 896. The molecule has 0 spiro atoms. The summed E-state index contributed by atoms with van der Waals surface area (Å²) in [7, 11) is 0. The van der Waals surface area contributed by atoms with Crippen molar-refractivity contribution in [2.75, 3.05) is 5.32 Å². The number of nitrogens with one attached hydrogen (secondary N) is 1. The van der Waals surface area contributed by atoms with E-state index in [4.69, 9.17) is 8.83 Å². The molecular weight excluding hydrogens is 366 g/mol. The number of rotatable bonds is 4. The fourth-order valence-corrected chi connectivity index (χ4v) is 2.47. The molecule has 0 radical (unpaired) electrons. The summed E-state index contributed by atoms with van der Waals surface area (Å²) in [6.45, 7) is 1.62. The van der Waals surface area contributed by atoms with Crippen LogP contribution in [-0.4, -0.2) is 15.7 Å². The van der Waals surface area contributed by atoms with Gasteiger partial charge in [-0.15, -0.1) is 5.10 Å². The third kappa shape index (κ3) is 3.42. The van der Waals surface area contributed by atoms with Gasteiger partial charge >= 0.3 is 5.76 Å². The first-order chi connectivity index (χ1) is 11.0. The summed E-state index contributed by atoms with van der Waals surface area (Å²) in [6.07, 6.45) is 1.44. The van der Waals surface area contributed by atoms with Crippen molar-refractivity contribution in [2.24, 2.45) is 0 Å². The first-order valence-corrected chi connectivity index (χ1v) is 7.50. The van der Waals surface area contributed by atoms with Crippen LogP contribution < -0.4 is 11.1 Å². The Labute approximate surface area is 139 Å². The van der Waals surface area contributed by atoms with Gasteiger partial charge < -0.3 is 14.2 Å². The maximum Gasteiger partial charge on any atom is 0.437 e. The Morgan fingerprint density at radius 1 is 1.39 bits per heavy atom. The van der Waals surface area contributed by atoms with Crippen molar-refractivity contribution >= 4 is 27.5 Å². The molecule has 0 aliphatic rings. The molecule has 0 atom stereocenters. The van der Waals surface area contributed by atoms with Crippen LogP contribution in [0.25, 0.3) is 11.7 Å². The van der Waals surface area contributed by atoms with Gasteiger partial charge in [-0.05, 0) is 42.8 Å². The lowest BCUT2D eigenvalue weighted by Crippen LogP contribution is -2.26. The summed E-state index contributed by atoms with van der Waals surface area (Å²) in [5.41, 5.74) is 1.57. The van der Waals surface area contributed by atoms with Crippen molar-refractivity contribution in [3.05, 3.63) is 57.2 Å². The van der Waals surface area contributed by atoms with Crippen molar-refractivity contribution in [3.8, 4) is 11.7 Å². The van der Waals surface area contributed by atoms with Crippen LogP contribution in [0.4, 0.5) is 5.69 Å². The van der Waals surface area contributed by atoms with Gasteiger partial charge in [-0.25, -0.2) is 4.79 Å². The van der Waals surface area contributed by atoms with E-state index >= 15 is 0 Å². The number of anilines is 1. The minimum Gasteiger partial charge on any atom is -0.459 e. The number of carbonyl (C=O) groups is 1. The van der Waals surface area contributed by atoms with Crippen LogP contribution in [0.1, 0.15) is 5.56 Å². The van der Waals surface area contributed by atoms with E-state index in [0.717, 1.165) is 14.7 Å². The fraction of sp³-hybridized carbons (Fsp3) is 0.133. The molecule has 8 heteroatoms. The number of aromatic nitrogens is 2. The molecule has 1 aromatic carbocycles. The highest BCUT2D eigenvalue weighted by molar-refractivity contribution is 9.10. The smallest absolute Gasteiger partial charge is 0.437 e. The molecule has 0 aliphatic carbocycles. The number of amides is 1. The van der Waals surface area contributed by atoms with Gasteiger partial charge in [0.15, 0.2) is 5.76 Å². The highest BCUT2D eigenvalue weighted by Gasteiger charge is 2.15. The van der Waals surface area contributed by atoms with Gasteiger partial charge in [0.25, 0.3) is 5.89 Å². The lowest BCUT2D eigenvalue weighted by Gasteiger charge is -2.08. The molecule has 0 aliphatic heterocycles. The highest BCUT2D eigenvalue weighted by Crippen LogP contribution is 2.20. The Kier molecular flexibility index (Phi) is 4.16. The van der Waals surface area contributed by atoms with Crippen molar-refractivity contribution in [3.63, 3.8) is 0 Å². The average Bonchev–Trinajstić information content (AvgIpc) is 3.13. The van der Waals surface area contributed by atoms with Crippen LogP contribution >= 0.6 is 15.9 Å². The molecule has 1 N–H and O–H groups in total. The first kappa shape index (κ1) is 15.3. The number of carbonyl (C=O) groups excluding carboxylic acids is 1. The zero-order chi connectivity index (χ0) is 16.4. The number of aryl methyl sites for hydroxylation is 1. The summed E-state index contributed by atoms with van der Waals surface area (Å²) in [5, 5.41) is 6.68. The molecule has 1 amide bonds. The van der Waals surface area contributed by atoms with Crippen molar-refractivity contribution in [2.45, 2.75) is 13.5 Å². The van der Waals surface area contributed by atoms with Crippen LogP contribution in [0.5, 0.6) is 0 Å². The van der Waals surface area contributed by atoms with Crippen LogP contribution in [0.2, 0.25) is 0 Å². The van der Waals surface area contributed by atoms with Gasteiger partial charge in [0.05, 0.1) is 6.26 Å². The number of hydrogen-bond acceptors (Lipinski definition) is 5. The molecule has 118 valence electrons. The SMILES string of the molecule is Cc1cc(Br)ccc1NC(=O)Cn1nc(-c2ccco2)oc1=O. The number of halogens is 1. The Morgan fingerprint density at radius 3 is 2.91 bits per heavy atom. The van der Waals surface area contributed by atoms with Gasteiger partial charge in [-0.2, -0.15) is 4.68 Å². The molecule has 0 unspecified atom stereocenters. The molecule has 3 aromatic rings. The van der Waals surface area contributed by atoms with E-state index in [1.165, 1.54) is 6.26 Å². The maximum atomic E-state index is 12.1. The standard InChI is InChI=1S/C15H12BrN3O4/c1-9-7-10(16)4-5-11(9)17-13(20)8-19-15(21)23-14(18-19)12-3-2-6-22-12/h2-7H,8H2,1H3,(H,17,20). The lowest BCUT2D eigenvalue weighted by atomic mass is 10.2. The molecule has 7 nitrogen and oxygen atoms in total. The summed E-state index contributed by atoms with van der Waals surface area (Å²) in [4.78, 5) is 23.8. The van der Waals surface area contributed by atoms with Gasteiger partial charge in [0.2, 0.25) is 5.91 Å². The zero-order valence-corrected chi connectivity index (χ0v) is 13.7. The number of benzene rings is 1. The first-order valence-electron chi connectivity index (χ1n) is 6.71. The van der Waals surface area contributed by atoms with E-state index in [2.05, 4.69) is 26.3 Å². The zero-order valence-electron chi connectivity index (χ0n) is 12.1. The molecule has 0 bridgehead atoms. The van der Waals surface area contributed by atoms with Crippen LogP contribution in [0.15, 0.2) is 54.7 Å². The predicted molar refractivity (Wildman–Crippen MR) is 86.0 cm³/mol. The van der Waals surface area contributed by atoms with Gasteiger partial charge in [-0.1, -0.05) is 15.9 Å². The number of hydrogen-bond donors (Lipinski definition) is 1. The van der Waals surface area contributed by atoms with Crippen molar-refractivity contribution in [1.82, 2.24) is 9.78 Å². The van der Waals surface area contributed by atoms with Gasteiger partial charge in [0.1, 0.15) is 6.54 Å². The topological polar surface area (TPSA) is 90.3 Å². The van der Waals surface area contributed by atoms with Crippen LogP contribution in [0.3, 0.4) is 0 Å². The predicted octanol–water partition coefficient (Wildman–Crippen LogP) is 2.81. The van der Waals surface area contributed by atoms with E-state index < -0.39 is 5.76 Å². The van der Waals surface area contributed by atoms with E-state index in [-0.39, 0.29) is 18.3 Å². The van der Waals surface area contributed by atoms with E-state index in [1.54, 1.807) is 18.2 Å². The molecule has 0 saturated heterocycles. The largest absolute Gasteiger partial charge is 0.459 e.